The third-order valence-electron chi connectivity index (χ3n) is 12.8. The Kier molecular flexibility index (Phi) is 11.3. The fourth-order valence-corrected chi connectivity index (χ4v) is 9.15. The molecule has 3 aromatic rings. The summed E-state index contributed by atoms with van der Waals surface area (Å²) in [6.45, 7) is 29.7. The van der Waals surface area contributed by atoms with Gasteiger partial charge < -0.3 is 28.8 Å². The van der Waals surface area contributed by atoms with Gasteiger partial charge in [0.15, 0.2) is 48.2 Å². The van der Waals surface area contributed by atoms with E-state index in [9.17, 15) is 14.4 Å². The summed E-state index contributed by atoms with van der Waals surface area (Å²) in [5, 5.41) is 7.24. The lowest BCUT2D eigenvalue weighted by atomic mass is 9.78. The van der Waals surface area contributed by atoms with Gasteiger partial charge in [-0.3, -0.25) is 9.36 Å². The van der Waals surface area contributed by atoms with E-state index in [0.717, 1.165) is 19.1 Å². The lowest BCUT2D eigenvalue weighted by Gasteiger charge is -2.43. The highest BCUT2D eigenvalue weighted by Gasteiger charge is 2.54. The molecule has 2 fully saturated rings. The molecule has 2 aliphatic heterocycles. The molecule has 2 aliphatic rings. The average molecular weight is 774 g/mol. The van der Waals surface area contributed by atoms with Crippen LogP contribution in [0, 0.1) is 11.8 Å². The molecule has 3 aromatic heterocycles. The van der Waals surface area contributed by atoms with Crippen LogP contribution in [0.2, 0.25) is 54.4 Å². The predicted octanol–water partition coefficient (Wildman–Crippen LogP) is 6.91. The number of hydrogen-bond donors (Lipinski definition) is 3. The Labute approximate surface area is 312 Å². The first-order chi connectivity index (χ1) is 23.8. The van der Waals surface area contributed by atoms with E-state index in [0.29, 0.717) is 54.7 Å². The van der Waals surface area contributed by atoms with Crippen LogP contribution in [0.25, 0.3) is 17.1 Å². The van der Waals surface area contributed by atoms with Crippen molar-refractivity contribution in [2.75, 3.05) is 25.1 Å². The maximum absolute atomic E-state index is 11.6. The van der Waals surface area contributed by atoms with Crippen LogP contribution >= 0.6 is 0 Å². The third-order valence-corrected chi connectivity index (χ3v) is 24.4. The normalized spacial score (nSPS) is 23.9. The van der Waals surface area contributed by atoms with E-state index in [1.165, 1.54) is 10.9 Å². The molecule has 0 amide bonds. The summed E-state index contributed by atoms with van der Waals surface area (Å²) in [4.78, 5) is 49.5. The van der Waals surface area contributed by atoms with Gasteiger partial charge in [0, 0.05) is 18.7 Å². The Morgan fingerprint density at radius 3 is 2.15 bits per heavy atom. The monoisotopic (exact) mass is 773 g/mol. The second kappa shape index (κ2) is 14.4. The van der Waals surface area contributed by atoms with Crippen LogP contribution in [0.4, 0.5) is 5.82 Å². The Balaban J connectivity index is 1.68. The lowest BCUT2D eigenvalue weighted by molar-refractivity contribution is -0.0353. The minimum atomic E-state index is -2.66. The van der Waals surface area contributed by atoms with E-state index >= 15 is 0 Å². The Bertz CT molecular complexity index is 1720. The molecule has 13 nitrogen and oxygen atoms in total. The number of nitrogens with zero attached hydrogens (tertiary/aromatic N) is 6. The van der Waals surface area contributed by atoms with Crippen molar-refractivity contribution in [3.05, 3.63) is 24.3 Å². The van der Waals surface area contributed by atoms with Crippen LogP contribution < -0.4 is 5.32 Å². The molecule has 0 aromatic carbocycles. The number of fused-ring (bicyclic) bond motifs is 1. The number of ether oxygens (including phenoxy) is 2. The van der Waals surface area contributed by atoms with Gasteiger partial charge in [0.25, 0.3) is 5.95 Å². The average Bonchev–Trinajstić information content (AvgIpc) is 3.82. The molecule has 0 bridgehead atoms. The van der Waals surface area contributed by atoms with Gasteiger partial charge in [-0.1, -0.05) is 48.5 Å². The number of rotatable bonds is 14. The molecule has 0 aliphatic carbocycles. The molecule has 0 saturated carbocycles. The van der Waals surface area contributed by atoms with E-state index < -0.39 is 31.2 Å². The van der Waals surface area contributed by atoms with Gasteiger partial charge in [-0.25, -0.2) is 9.67 Å². The first-order valence-corrected chi connectivity index (χ1v) is 27.5. The van der Waals surface area contributed by atoms with Crippen LogP contribution in [0.3, 0.4) is 0 Å². The van der Waals surface area contributed by atoms with Crippen LogP contribution in [0.15, 0.2) is 18.7 Å². The zero-order valence-corrected chi connectivity index (χ0v) is 36.6. The van der Waals surface area contributed by atoms with Crippen molar-refractivity contribution in [2.45, 2.75) is 140 Å². The van der Waals surface area contributed by atoms with Gasteiger partial charge in [-0.2, -0.15) is 15.1 Å². The molecule has 290 valence electrons. The maximum Gasteiger partial charge on any atom is 0.254 e. The second-order valence-electron chi connectivity index (χ2n) is 19.0. The smallest absolute Gasteiger partial charge is 0.254 e. The summed E-state index contributed by atoms with van der Waals surface area (Å²) in [5.41, 5.74) is 1.58. The van der Waals surface area contributed by atoms with Crippen molar-refractivity contribution in [3.63, 3.8) is 0 Å². The van der Waals surface area contributed by atoms with E-state index in [4.69, 9.17) is 28.9 Å². The number of anilines is 1. The summed E-state index contributed by atoms with van der Waals surface area (Å²) >= 11 is 0. The number of aromatic nitrogens is 6. The van der Waals surface area contributed by atoms with E-state index in [-0.39, 0.29) is 39.1 Å². The van der Waals surface area contributed by atoms with Crippen LogP contribution in [-0.2, 0) is 13.9 Å². The molecular weight excluding hydrogens is 711 g/mol. The topological polar surface area (TPSA) is 159 Å². The van der Waals surface area contributed by atoms with Crippen LogP contribution in [0.1, 0.15) is 84.3 Å². The minimum Gasteiger partial charge on any atom is -0.432 e. The Morgan fingerprint density at radius 2 is 1.62 bits per heavy atom. The SMILES string of the molecule is CC(C)(C[C@@H]1[C@H](CC(C)(C)[Si](C)(C)O)[C@@H](CO[Si](C)(C)C(C)(C)C)O[C@H]1n1cnc2c(NC3CCOC3)nc(-n3cc(C=O)cn3)nc21)[Si](C)(C)O. The van der Waals surface area contributed by atoms with Crippen LogP contribution in [0.5, 0.6) is 0 Å². The van der Waals surface area contributed by atoms with E-state index in [2.05, 4.69) is 72.0 Å². The summed E-state index contributed by atoms with van der Waals surface area (Å²) in [5.74, 6) is 0.790. The second-order valence-corrected chi connectivity index (χ2v) is 32.7. The van der Waals surface area contributed by atoms with Crippen LogP contribution in [-0.4, -0.2) is 102 Å². The summed E-state index contributed by atoms with van der Waals surface area (Å²) in [6.07, 6.45) is 7.13. The molecule has 16 heteroatoms. The van der Waals surface area contributed by atoms with Crippen molar-refractivity contribution >= 4 is 48.2 Å². The largest absolute Gasteiger partial charge is 0.432 e. The number of nitrogens with one attached hydrogen (secondary N) is 1. The zero-order valence-electron chi connectivity index (χ0n) is 33.6. The molecule has 5 atom stereocenters. The third kappa shape index (κ3) is 8.33. The molecule has 0 radical (unpaired) electrons. The molecule has 5 heterocycles. The maximum atomic E-state index is 11.6. The standard InChI is InChI=1S/C36H63N7O6Si3/c1-34(2,3)52(12,13)48-22-28-26(16-35(4,5)50(8,9)45)27(17-36(6,7)51(10,11)46)32(49-28)42-23-37-29-30(39-25-14-15-47-21-25)40-33(41-31(29)42)43-19-24(20-44)18-38-43/h18-20,23,25-28,32,45-46H,14-17,21-22H2,1-13H3,(H,39,40,41)/t25?,26-,27+,28+,32+/m0/s1. The molecule has 3 N–H and O–H groups in total. The van der Waals surface area contributed by atoms with Gasteiger partial charge in [0.1, 0.15) is 6.23 Å². The van der Waals surface area contributed by atoms with Crippen molar-refractivity contribution in [2.24, 2.45) is 11.8 Å². The summed E-state index contributed by atoms with van der Waals surface area (Å²) in [6, 6.07) is 0.0572. The van der Waals surface area contributed by atoms with Gasteiger partial charge in [-0.05, 0) is 79.6 Å². The number of carbonyl (C=O) groups excluding carboxylic acids is 1. The Hall–Kier alpha value is -2.32. The molecular formula is C36H63N7O6Si3. The highest BCUT2D eigenvalue weighted by Crippen LogP contribution is 2.56. The van der Waals surface area contributed by atoms with E-state index in [1.54, 1.807) is 12.5 Å². The van der Waals surface area contributed by atoms with Crippen molar-refractivity contribution in [1.29, 1.82) is 0 Å². The van der Waals surface area contributed by atoms with Crippen molar-refractivity contribution in [1.82, 2.24) is 29.3 Å². The Morgan fingerprint density at radius 1 is 0.981 bits per heavy atom. The van der Waals surface area contributed by atoms with Crippen molar-refractivity contribution < 1.29 is 28.3 Å². The quantitative estimate of drug-likeness (QED) is 0.115. The number of imidazole rings is 1. The number of hydrogen-bond acceptors (Lipinski definition) is 11. The van der Waals surface area contributed by atoms with Gasteiger partial charge >= 0.3 is 0 Å². The zero-order chi connectivity index (χ0) is 38.7. The minimum absolute atomic E-state index is 0.00701. The highest BCUT2D eigenvalue weighted by atomic mass is 28.4. The molecule has 1 unspecified atom stereocenters. The lowest BCUT2D eigenvalue weighted by Crippen LogP contribution is -2.46. The fourth-order valence-electron chi connectivity index (χ4n) is 6.67. The highest BCUT2D eigenvalue weighted by molar-refractivity contribution is 6.74. The first-order valence-electron chi connectivity index (χ1n) is 18.7. The summed E-state index contributed by atoms with van der Waals surface area (Å²) < 4.78 is 23.3. The van der Waals surface area contributed by atoms with Crippen molar-refractivity contribution in [3.8, 4) is 5.95 Å². The molecule has 2 saturated heterocycles. The molecule has 52 heavy (non-hydrogen) atoms. The molecule has 0 spiro atoms. The number of aldehydes is 1. The summed E-state index contributed by atoms with van der Waals surface area (Å²) in [7, 11) is -7.43. The van der Waals surface area contributed by atoms with Gasteiger partial charge in [0.05, 0.1) is 43.4 Å². The fraction of sp³-hybridized carbons (Fsp3) is 0.750. The van der Waals surface area contributed by atoms with E-state index in [1.807, 2.05) is 30.8 Å². The first kappa shape index (κ1) is 40.9. The number of carbonyl (C=O) groups is 1. The van der Waals surface area contributed by atoms with Gasteiger partial charge in [0.2, 0.25) is 0 Å². The predicted molar refractivity (Wildman–Crippen MR) is 211 cm³/mol. The molecule has 5 rings (SSSR count). The van der Waals surface area contributed by atoms with Gasteiger partial charge in [-0.15, -0.1) is 0 Å².